The standard InChI is InChI=1S/C23H27NO3/c1-16(2)19(13-17-9-5-3-6-10-17)22(25)24-14-20(21(15-24)23(26)27)18-11-7-4-8-12-18/h3-12,16,19-21H,13-15H2,1-2H3,(H,26,27). The van der Waals surface area contributed by atoms with Gasteiger partial charge in [-0.2, -0.15) is 0 Å². The summed E-state index contributed by atoms with van der Waals surface area (Å²) in [7, 11) is 0. The van der Waals surface area contributed by atoms with Crippen LogP contribution in [0.25, 0.3) is 0 Å². The lowest BCUT2D eigenvalue weighted by Crippen LogP contribution is -2.38. The molecule has 142 valence electrons. The summed E-state index contributed by atoms with van der Waals surface area (Å²) in [4.78, 5) is 26.8. The Bertz CT molecular complexity index is 773. The van der Waals surface area contributed by atoms with Crippen molar-refractivity contribution in [1.29, 1.82) is 0 Å². The van der Waals surface area contributed by atoms with E-state index in [4.69, 9.17) is 0 Å². The summed E-state index contributed by atoms with van der Waals surface area (Å²) in [6.07, 6.45) is 0.682. The molecule has 3 rings (SSSR count). The number of carbonyl (C=O) groups is 2. The molecule has 2 aromatic rings. The van der Waals surface area contributed by atoms with E-state index in [1.165, 1.54) is 0 Å². The van der Waals surface area contributed by atoms with E-state index in [0.29, 0.717) is 13.0 Å². The van der Waals surface area contributed by atoms with Crippen LogP contribution >= 0.6 is 0 Å². The Balaban J connectivity index is 1.79. The first-order chi connectivity index (χ1) is 13.0. The zero-order valence-electron chi connectivity index (χ0n) is 15.9. The quantitative estimate of drug-likeness (QED) is 0.846. The van der Waals surface area contributed by atoms with Gasteiger partial charge in [-0.15, -0.1) is 0 Å². The minimum Gasteiger partial charge on any atom is -0.481 e. The molecule has 4 nitrogen and oxygen atoms in total. The molecule has 1 aliphatic heterocycles. The highest BCUT2D eigenvalue weighted by Crippen LogP contribution is 2.34. The SMILES string of the molecule is CC(C)C(Cc1ccccc1)C(=O)N1CC(C(=O)O)C(c2ccccc2)C1. The van der Waals surface area contributed by atoms with Crippen molar-refractivity contribution >= 4 is 11.9 Å². The monoisotopic (exact) mass is 365 g/mol. The number of benzene rings is 2. The van der Waals surface area contributed by atoms with E-state index >= 15 is 0 Å². The predicted molar refractivity (Wildman–Crippen MR) is 105 cm³/mol. The van der Waals surface area contributed by atoms with E-state index in [0.717, 1.165) is 11.1 Å². The summed E-state index contributed by atoms with van der Waals surface area (Å²) in [6, 6.07) is 19.7. The van der Waals surface area contributed by atoms with E-state index in [1.54, 1.807) is 4.90 Å². The van der Waals surface area contributed by atoms with Crippen molar-refractivity contribution in [2.75, 3.05) is 13.1 Å². The Morgan fingerprint density at radius 3 is 2.15 bits per heavy atom. The van der Waals surface area contributed by atoms with Crippen molar-refractivity contribution in [3.05, 3.63) is 71.8 Å². The van der Waals surface area contributed by atoms with Crippen LogP contribution in [0.5, 0.6) is 0 Å². The van der Waals surface area contributed by atoms with Gasteiger partial charge in [0.2, 0.25) is 5.91 Å². The predicted octanol–water partition coefficient (Wildman–Crippen LogP) is 3.83. The van der Waals surface area contributed by atoms with E-state index < -0.39 is 11.9 Å². The van der Waals surface area contributed by atoms with Gasteiger partial charge in [0.15, 0.2) is 0 Å². The number of aliphatic carboxylic acids is 1. The van der Waals surface area contributed by atoms with Crippen LogP contribution in [0, 0.1) is 17.8 Å². The minimum atomic E-state index is -0.830. The van der Waals surface area contributed by atoms with Gasteiger partial charge in [0.1, 0.15) is 0 Å². The maximum absolute atomic E-state index is 13.3. The second-order valence-corrected chi connectivity index (χ2v) is 7.75. The van der Waals surface area contributed by atoms with Gasteiger partial charge in [-0.25, -0.2) is 0 Å². The molecule has 1 amide bonds. The van der Waals surface area contributed by atoms with Crippen molar-refractivity contribution in [3.63, 3.8) is 0 Å². The molecule has 0 aliphatic carbocycles. The van der Waals surface area contributed by atoms with Gasteiger partial charge >= 0.3 is 5.97 Å². The number of rotatable bonds is 6. The lowest BCUT2D eigenvalue weighted by atomic mass is 9.88. The fourth-order valence-electron chi connectivity index (χ4n) is 3.98. The summed E-state index contributed by atoms with van der Waals surface area (Å²) < 4.78 is 0. The Kier molecular flexibility index (Phi) is 5.94. The van der Waals surface area contributed by atoms with Crippen LogP contribution in [0.15, 0.2) is 60.7 Å². The smallest absolute Gasteiger partial charge is 0.308 e. The molecule has 27 heavy (non-hydrogen) atoms. The van der Waals surface area contributed by atoms with Crippen molar-refractivity contribution in [1.82, 2.24) is 4.90 Å². The normalized spacial score (nSPS) is 20.6. The third-order valence-corrected chi connectivity index (χ3v) is 5.60. The Hall–Kier alpha value is -2.62. The molecule has 1 heterocycles. The fraction of sp³-hybridized carbons (Fsp3) is 0.391. The number of amides is 1. The third kappa shape index (κ3) is 4.38. The Morgan fingerprint density at radius 1 is 1.00 bits per heavy atom. The second kappa shape index (κ2) is 8.38. The molecule has 1 N–H and O–H groups in total. The molecule has 0 aromatic heterocycles. The van der Waals surface area contributed by atoms with Crippen molar-refractivity contribution in [3.8, 4) is 0 Å². The number of likely N-dealkylation sites (tertiary alicyclic amines) is 1. The van der Waals surface area contributed by atoms with Gasteiger partial charge in [-0.1, -0.05) is 74.5 Å². The summed E-state index contributed by atoms with van der Waals surface area (Å²) in [5.41, 5.74) is 2.13. The number of nitrogens with zero attached hydrogens (tertiary/aromatic N) is 1. The molecule has 0 bridgehead atoms. The molecule has 1 aliphatic rings. The zero-order chi connectivity index (χ0) is 19.4. The molecule has 0 radical (unpaired) electrons. The first-order valence-electron chi connectivity index (χ1n) is 9.57. The van der Waals surface area contributed by atoms with E-state index in [9.17, 15) is 14.7 Å². The van der Waals surface area contributed by atoms with Gasteiger partial charge < -0.3 is 10.0 Å². The number of carbonyl (C=O) groups excluding carboxylic acids is 1. The summed E-state index contributed by atoms with van der Waals surface area (Å²) in [6.45, 7) is 4.87. The number of carboxylic acids is 1. The highest BCUT2D eigenvalue weighted by molar-refractivity contribution is 5.82. The third-order valence-electron chi connectivity index (χ3n) is 5.60. The van der Waals surface area contributed by atoms with Crippen molar-refractivity contribution in [2.45, 2.75) is 26.2 Å². The zero-order valence-corrected chi connectivity index (χ0v) is 15.9. The summed E-state index contributed by atoms with van der Waals surface area (Å²) >= 11 is 0. The molecule has 0 spiro atoms. The van der Waals surface area contributed by atoms with E-state index in [-0.39, 0.29) is 30.2 Å². The number of carboxylic acid groups (broad SMARTS) is 1. The average Bonchev–Trinajstić information content (AvgIpc) is 3.13. The van der Waals surface area contributed by atoms with Crippen LogP contribution in [-0.2, 0) is 16.0 Å². The largest absolute Gasteiger partial charge is 0.481 e. The molecule has 0 saturated carbocycles. The second-order valence-electron chi connectivity index (χ2n) is 7.75. The van der Waals surface area contributed by atoms with Gasteiger partial charge in [0, 0.05) is 24.9 Å². The first kappa shape index (κ1) is 19.2. The van der Waals surface area contributed by atoms with Crippen molar-refractivity contribution in [2.24, 2.45) is 17.8 Å². The maximum Gasteiger partial charge on any atom is 0.308 e. The van der Waals surface area contributed by atoms with E-state index in [1.807, 2.05) is 60.7 Å². The maximum atomic E-state index is 13.3. The van der Waals surface area contributed by atoms with Gasteiger partial charge in [-0.3, -0.25) is 9.59 Å². The lowest BCUT2D eigenvalue weighted by Gasteiger charge is -2.26. The van der Waals surface area contributed by atoms with Crippen LogP contribution in [0.2, 0.25) is 0 Å². The minimum absolute atomic E-state index is 0.0681. The fourth-order valence-corrected chi connectivity index (χ4v) is 3.98. The van der Waals surface area contributed by atoms with Gasteiger partial charge in [0.05, 0.1) is 5.92 Å². The molecule has 1 fully saturated rings. The average molecular weight is 365 g/mol. The molecule has 3 unspecified atom stereocenters. The Morgan fingerprint density at radius 2 is 1.59 bits per heavy atom. The first-order valence-corrected chi connectivity index (χ1v) is 9.57. The van der Waals surface area contributed by atoms with E-state index in [2.05, 4.69) is 13.8 Å². The van der Waals surface area contributed by atoms with Crippen LogP contribution in [-0.4, -0.2) is 35.0 Å². The molecule has 2 aromatic carbocycles. The van der Waals surface area contributed by atoms with Gasteiger partial charge in [-0.05, 0) is 23.5 Å². The molecule has 3 atom stereocenters. The molecular weight excluding hydrogens is 338 g/mol. The molecule has 1 saturated heterocycles. The highest BCUT2D eigenvalue weighted by atomic mass is 16.4. The van der Waals surface area contributed by atoms with Crippen molar-refractivity contribution < 1.29 is 14.7 Å². The number of hydrogen-bond donors (Lipinski definition) is 1. The molecular formula is C23H27NO3. The van der Waals surface area contributed by atoms with Crippen LogP contribution < -0.4 is 0 Å². The summed E-state index contributed by atoms with van der Waals surface area (Å²) in [5.74, 6) is -1.42. The van der Waals surface area contributed by atoms with Gasteiger partial charge in [0.25, 0.3) is 0 Å². The number of hydrogen-bond acceptors (Lipinski definition) is 2. The lowest BCUT2D eigenvalue weighted by molar-refractivity contribution is -0.142. The summed E-state index contributed by atoms with van der Waals surface area (Å²) in [5, 5.41) is 9.69. The topological polar surface area (TPSA) is 57.6 Å². The van der Waals surface area contributed by atoms with Crippen LogP contribution in [0.1, 0.15) is 30.9 Å². The Labute approximate surface area is 160 Å². The highest BCUT2D eigenvalue weighted by Gasteiger charge is 2.42. The van der Waals surface area contributed by atoms with Crippen LogP contribution in [0.3, 0.4) is 0 Å². The van der Waals surface area contributed by atoms with Crippen LogP contribution in [0.4, 0.5) is 0 Å². The molecule has 4 heteroatoms.